The van der Waals surface area contributed by atoms with Gasteiger partial charge in [0.05, 0.1) is 50.8 Å². The standard InChI is InChI=1S/C21H19B2ClF3N7O2/c1-10-15(18-29-7-13(25)8-30-18)16(32-33(10)3)19(35)34-9-20(26,27)36-11(2)17(34)21(22,23)31-14-5-4-12(24)6-28-14/h4-8,11,17H,9H2,1-3H3,(H,28,31). The molecule has 0 saturated carbocycles. The molecule has 0 spiro atoms. The summed E-state index contributed by atoms with van der Waals surface area (Å²) in [5.74, 6) is -1.43. The zero-order valence-corrected chi connectivity index (χ0v) is 20.2. The summed E-state index contributed by atoms with van der Waals surface area (Å²) < 4.78 is 48.7. The van der Waals surface area contributed by atoms with E-state index in [0.29, 0.717) is 10.7 Å². The van der Waals surface area contributed by atoms with Gasteiger partial charge in [-0.2, -0.15) is 13.9 Å². The van der Waals surface area contributed by atoms with Crippen LogP contribution in [0, 0.1) is 12.7 Å². The molecule has 1 aliphatic rings. The molecule has 2 atom stereocenters. The van der Waals surface area contributed by atoms with Gasteiger partial charge >= 0.3 is 6.11 Å². The first-order valence-corrected chi connectivity index (χ1v) is 11.0. The maximum atomic E-state index is 14.5. The quantitative estimate of drug-likeness (QED) is 0.521. The van der Waals surface area contributed by atoms with Crippen molar-refractivity contribution in [1.82, 2.24) is 29.6 Å². The van der Waals surface area contributed by atoms with Crippen molar-refractivity contribution in [2.75, 3.05) is 11.9 Å². The monoisotopic (exact) mass is 515 g/mol. The molecule has 0 bridgehead atoms. The number of anilines is 1. The fraction of sp³-hybridized carbons (Fsp3) is 0.381. The Hall–Kier alpha value is -3.12. The number of aromatic nitrogens is 5. The van der Waals surface area contributed by atoms with Gasteiger partial charge in [-0.1, -0.05) is 11.6 Å². The van der Waals surface area contributed by atoms with Crippen LogP contribution >= 0.6 is 11.6 Å². The minimum atomic E-state index is -3.70. The number of hydrogen-bond acceptors (Lipinski definition) is 7. The maximum absolute atomic E-state index is 14.5. The van der Waals surface area contributed by atoms with Crippen molar-refractivity contribution >= 4 is 39.0 Å². The predicted octanol–water partition coefficient (Wildman–Crippen LogP) is 2.30. The molecule has 15 heteroatoms. The van der Waals surface area contributed by atoms with Gasteiger partial charge in [0.25, 0.3) is 5.91 Å². The zero-order chi connectivity index (χ0) is 26.4. The Morgan fingerprint density at radius 3 is 2.53 bits per heavy atom. The molecule has 0 aliphatic carbocycles. The van der Waals surface area contributed by atoms with E-state index in [1.54, 1.807) is 14.0 Å². The normalized spacial score (nSPS) is 19.8. The third kappa shape index (κ3) is 5.05. The highest BCUT2D eigenvalue weighted by Gasteiger charge is 2.52. The summed E-state index contributed by atoms with van der Waals surface area (Å²) in [7, 11) is 14.2. The van der Waals surface area contributed by atoms with Crippen LogP contribution in [-0.2, 0) is 11.8 Å². The van der Waals surface area contributed by atoms with Gasteiger partial charge in [-0.3, -0.25) is 9.48 Å². The van der Waals surface area contributed by atoms with Crippen molar-refractivity contribution in [3.8, 4) is 11.4 Å². The summed E-state index contributed by atoms with van der Waals surface area (Å²) in [4.78, 5) is 26.5. The van der Waals surface area contributed by atoms with E-state index in [4.69, 9.17) is 32.0 Å². The van der Waals surface area contributed by atoms with Crippen LogP contribution in [0.1, 0.15) is 23.1 Å². The molecule has 4 radical (unpaired) electrons. The second-order valence-electron chi connectivity index (χ2n) is 8.42. The number of hydrogen-bond donors (Lipinski definition) is 1. The minimum Gasteiger partial charge on any atom is -0.380 e. The third-order valence-electron chi connectivity index (χ3n) is 5.70. The van der Waals surface area contributed by atoms with Gasteiger partial charge in [-0.05, 0) is 31.3 Å². The number of carbonyl (C=O) groups is 1. The number of pyridine rings is 1. The third-order valence-corrected chi connectivity index (χ3v) is 5.92. The van der Waals surface area contributed by atoms with Crippen molar-refractivity contribution < 1.29 is 22.7 Å². The lowest BCUT2D eigenvalue weighted by Gasteiger charge is -2.50. The van der Waals surface area contributed by atoms with E-state index in [1.807, 2.05) is 0 Å². The summed E-state index contributed by atoms with van der Waals surface area (Å²) in [5, 5.41) is 5.33. The second-order valence-corrected chi connectivity index (χ2v) is 8.85. The van der Waals surface area contributed by atoms with Crippen molar-refractivity contribution in [3.63, 3.8) is 0 Å². The smallest absolute Gasteiger partial charge is 0.373 e. The molecule has 36 heavy (non-hydrogen) atoms. The van der Waals surface area contributed by atoms with Gasteiger partial charge in [-0.25, -0.2) is 19.3 Å². The van der Waals surface area contributed by atoms with E-state index in [2.05, 4.69) is 25.4 Å². The fourth-order valence-corrected chi connectivity index (χ4v) is 4.23. The number of carbonyl (C=O) groups excluding carboxylic acids is 1. The molecule has 3 aromatic rings. The number of ether oxygens (including phenoxy) is 1. The van der Waals surface area contributed by atoms with Crippen molar-refractivity contribution in [2.45, 2.75) is 37.4 Å². The first-order chi connectivity index (χ1) is 16.8. The van der Waals surface area contributed by atoms with Gasteiger partial charge < -0.3 is 15.0 Å². The average molecular weight is 516 g/mol. The largest absolute Gasteiger partial charge is 0.380 e. The molecule has 184 valence electrons. The van der Waals surface area contributed by atoms with Crippen LogP contribution in [0.25, 0.3) is 11.4 Å². The highest BCUT2D eigenvalue weighted by Crippen LogP contribution is 2.35. The van der Waals surface area contributed by atoms with E-state index in [0.717, 1.165) is 17.3 Å². The topological polar surface area (TPSA) is 98.1 Å². The highest BCUT2D eigenvalue weighted by molar-refractivity contribution is 6.42. The van der Waals surface area contributed by atoms with Crippen molar-refractivity contribution in [1.29, 1.82) is 0 Å². The van der Waals surface area contributed by atoms with E-state index < -0.39 is 41.9 Å². The minimum absolute atomic E-state index is 0.00906. The van der Waals surface area contributed by atoms with Crippen LogP contribution in [-0.4, -0.2) is 81.4 Å². The van der Waals surface area contributed by atoms with Crippen LogP contribution in [0.15, 0.2) is 30.7 Å². The average Bonchev–Trinajstić information content (AvgIpc) is 3.08. The first kappa shape index (κ1) is 26.0. The van der Waals surface area contributed by atoms with Crippen LogP contribution in [0.4, 0.5) is 19.0 Å². The van der Waals surface area contributed by atoms with Crippen molar-refractivity contribution in [3.05, 3.63) is 53.0 Å². The molecule has 1 saturated heterocycles. The number of morpholine rings is 1. The summed E-state index contributed by atoms with van der Waals surface area (Å²) in [6, 6.07) is 1.69. The van der Waals surface area contributed by atoms with E-state index in [9.17, 15) is 18.0 Å². The van der Waals surface area contributed by atoms with Gasteiger partial charge in [0.1, 0.15) is 12.4 Å². The fourth-order valence-electron chi connectivity index (χ4n) is 4.12. The summed E-state index contributed by atoms with van der Waals surface area (Å²) in [6.45, 7) is 1.78. The van der Waals surface area contributed by atoms with Crippen LogP contribution in [0.2, 0.25) is 5.02 Å². The number of rotatable bonds is 5. The van der Waals surface area contributed by atoms with E-state index >= 15 is 0 Å². The summed E-state index contributed by atoms with van der Waals surface area (Å²) in [6.07, 6.45) is -1.84. The number of nitrogens with one attached hydrogen (secondary N) is 1. The molecule has 1 aliphatic heterocycles. The molecule has 0 aromatic carbocycles. The van der Waals surface area contributed by atoms with E-state index in [1.165, 1.54) is 29.9 Å². The number of nitrogens with zero attached hydrogens (tertiary/aromatic N) is 6. The Kier molecular flexibility index (Phi) is 6.77. The highest BCUT2D eigenvalue weighted by atomic mass is 35.5. The SMILES string of the molecule is [B]C([B])(Nc1ccc(Cl)cn1)C1C(C)OC(F)(F)CN1C(=O)c1nn(C)c(C)c1-c1ncc(F)cn1. The predicted molar refractivity (Wildman–Crippen MR) is 126 cm³/mol. The molecule has 1 fully saturated rings. The van der Waals surface area contributed by atoms with Crippen LogP contribution in [0.3, 0.4) is 0 Å². The van der Waals surface area contributed by atoms with Gasteiger partial charge in [0.2, 0.25) is 0 Å². The number of amides is 1. The Bertz CT molecular complexity index is 1280. The Balaban J connectivity index is 1.76. The molecular formula is C21H19B2ClF3N7O2. The summed E-state index contributed by atoms with van der Waals surface area (Å²) >= 11 is 5.86. The Morgan fingerprint density at radius 1 is 1.25 bits per heavy atom. The van der Waals surface area contributed by atoms with E-state index in [-0.39, 0.29) is 22.9 Å². The molecule has 3 aromatic heterocycles. The number of aryl methyl sites for hydroxylation is 1. The molecular weight excluding hydrogens is 496 g/mol. The second kappa shape index (κ2) is 9.40. The Labute approximate surface area is 212 Å². The molecule has 9 nitrogen and oxygen atoms in total. The molecule has 4 rings (SSSR count). The van der Waals surface area contributed by atoms with Crippen LogP contribution < -0.4 is 5.32 Å². The van der Waals surface area contributed by atoms with Gasteiger partial charge in [0.15, 0.2) is 17.3 Å². The summed E-state index contributed by atoms with van der Waals surface area (Å²) in [5.41, 5.74) is 0.359. The molecule has 1 N–H and O–H groups in total. The zero-order valence-electron chi connectivity index (χ0n) is 19.4. The van der Waals surface area contributed by atoms with Crippen LogP contribution in [0.5, 0.6) is 0 Å². The molecule has 4 heterocycles. The lowest BCUT2D eigenvalue weighted by Crippen LogP contribution is -2.70. The van der Waals surface area contributed by atoms with Crippen molar-refractivity contribution in [2.24, 2.45) is 7.05 Å². The number of halogens is 4. The molecule has 1 amide bonds. The molecule has 2 unspecified atom stereocenters. The lowest BCUT2D eigenvalue weighted by atomic mass is 9.55. The van der Waals surface area contributed by atoms with Gasteiger partial charge in [-0.15, -0.1) is 0 Å². The number of alkyl halides is 2. The van der Waals surface area contributed by atoms with Gasteiger partial charge in [0, 0.05) is 18.9 Å². The maximum Gasteiger partial charge on any atom is 0.373 e. The lowest BCUT2D eigenvalue weighted by molar-refractivity contribution is -0.299. The Morgan fingerprint density at radius 2 is 1.92 bits per heavy atom. The first-order valence-electron chi connectivity index (χ1n) is 10.6.